The second-order valence-electron chi connectivity index (χ2n) is 7.62. The number of nitrogen functional groups attached to an aromatic ring is 1. The molecule has 0 saturated carbocycles. The van der Waals surface area contributed by atoms with Crippen molar-refractivity contribution in [1.82, 2.24) is 19.5 Å². The summed E-state index contributed by atoms with van der Waals surface area (Å²) in [5, 5.41) is 0.799. The number of ether oxygens (including phenoxy) is 2. The Kier molecular flexibility index (Phi) is 6.18. The molecule has 11 heteroatoms. The highest BCUT2D eigenvalue weighted by Gasteiger charge is 2.24. The van der Waals surface area contributed by atoms with Gasteiger partial charge in [0.15, 0.2) is 33.6 Å². The van der Waals surface area contributed by atoms with Crippen LogP contribution in [-0.2, 0) is 6.54 Å². The molecule has 0 radical (unpaired) electrons. The Morgan fingerprint density at radius 3 is 2.81 bits per heavy atom. The average molecular weight is 523 g/mol. The summed E-state index contributed by atoms with van der Waals surface area (Å²) < 4.78 is 14.0. The van der Waals surface area contributed by atoms with Crippen molar-refractivity contribution in [2.45, 2.75) is 41.9 Å². The predicted octanol–water partition coefficient (Wildman–Crippen LogP) is 3.91. The van der Waals surface area contributed by atoms with Crippen LogP contribution in [0.15, 0.2) is 33.0 Å². The maximum Gasteiger partial charge on any atom is 0.231 e. The molecule has 8 nitrogen and oxygen atoms in total. The van der Waals surface area contributed by atoms with Crippen molar-refractivity contribution in [2.24, 2.45) is 11.7 Å². The van der Waals surface area contributed by atoms with Gasteiger partial charge in [0, 0.05) is 22.0 Å². The summed E-state index contributed by atoms with van der Waals surface area (Å²) in [7, 11) is 0. The zero-order valence-electron chi connectivity index (χ0n) is 16.8. The van der Waals surface area contributed by atoms with Gasteiger partial charge in [-0.15, -0.1) is 0 Å². The first-order valence-corrected chi connectivity index (χ1v) is 12.9. The zero-order chi connectivity index (χ0) is 21.4. The topological polar surface area (TPSA) is 114 Å². The van der Waals surface area contributed by atoms with E-state index in [0.717, 1.165) is 44.6 Å². The van der Waals surface area contributed by atoms with Gasteiger partial charge in [-0.3, -0.25) is 0 Å². The third kappa shape index (κ3) is 4.33. The second kappa shape index (κ2) is 9.05. The zero-order valence-corrected chi connectivity index (χ0v) is 20.0. The lowest BCUT2D eigenvalue weighted by molar-refractivity contribution is 0.174. The highest BCUT2D eigenvalue weighted by atomic mass is 79.9. The van der Waals surface area contributed by atoms with Crippen LogP contribution < -0.4 is 20.9 Å². The summed E-state index contributed by atoms with van der Waals surface area (Å²) in [4.78, 5) is 14.3. The molecule has 2 aliphatic heterocycles. The number of anilines is 1. The summed E-state index contributed by atoms with van der Waals surface area (Å²) in [6, 6.07) is 4.04. The minimum absolute atomic E-state index is 0.160. The van der Waals surface area contributed by atoms with Gasteiger partial charge in [-0.1, -0.05) is 11.8 Å². The fraction of sp³-hybridized carbons (Fsp3) is 0.450. The summed E-state index contributed by atoms with van der Waals surface area (Å²) in [6.45, 7) is 0.959. The molecule has 2 aromatic heterocycles. The minimum Gasteiger partial charge on any atom is -0.454 e. The van der Waals surface area contributed by atoms with Gasteiger partial charge < -0.3 is 25.5 Å². The Morgan fingerprint density at radius 1 is 1.23 bits per heavy atom. The molecular formula is C20H23BrN6O2S2. The molecule has 1 fully saturated rings. The molecule has 2 aliphatic rings. The van der Waals surface area contributed by atoms with E-state index in [1.807, 2.05) is 23.9 Å². The fourth-order valence-corrected chi connectivity index (χ4v) is 6.60. The Labute approximate surface area is 197 Å². The number of thioether (sulfide) groups is 1. The van der Waals surface area contributed by atoms with Crippen LogP contribution in [0, 0.1) is 5.92 Å². The van der Waals surface area contributed by atoms with Gasteiger partial charge in [-0.05, 0) is 64.7 Å². The van der Waals surface area contributed by atoms with E-state index >= 15 is 0 Å². The average Bonchev–Trinajstić information content (AvgIpc) is 3.37. The molecule has 1 unspecified atom stereocenters. The lowest BCUT2D eigenvalue weighted by Crippen LogP contribution is -2.33. The second-order valence-corrected chi connectivity index (χ2v) is 10.7. The molecule has 1 saturated heterocycles. The number of fused-ring (bicyclic) bond motifs is 2. The fourth-order valence-electron chi connectivity index (χ4n) is 3.95. The van der Waals surface area contributed by atoms with Crippen molar-refractivity contribution in [3.8, 4) is 11.5 Å². The highest BCUT2D eigenvalue weighted by molar-refractivity contribution is 9.10. The van der Waals surface area contributed by atoms with Crippen LogP contribution in [0.2, 0.25) is 0 Å². The van der Waals surface area contributed by atoms with E-state index in [1.54, 1.807) is 0 Å². The van der Waals surface area contributed by atoms with E-state index < -0.39 is 0 Å². The van der Waals surface area contributed by atoms with E-state index in [9.17, 15) is 0 Å². The molecule has 0 amide bonds. The molecule has 0 bridgehead atoms. The highest BCUT2D eigenvalue weighted by Crippen LogP contribution is 2.43. The Balaban J connectivity index is 1.44. The summed E-state index contributed by atoms with van der Waals surface area (Å²) in [5.41, 5.74) is 14.0. The molecule has 5 rings (SSSR count). The van der Waals surface area contributed by atoms with Gasteiger partial charge in [0.1, 0.15) is 6.33 Å². The van der Waals surface area contributed by atoms with Gasteiger partial charge in [0.2, 0.25) is 6.79 Å². The lowest BCUT2D eigenvalue weighted by atomic mass is 9.92. The monoisotopic (exact) mass is 522 g/mol. The number of nitrogens with two attached hydrogens (primary N) is 2. The molecule has 4 heterocycles. The normalized spacial score (nSPS) is 17.4. The standard InChI is InChI=1S/C20H23BrN6O2S2/c21-12-7-14-15(29-10-28-14)8-16(12)31-20-26-17-18(23)24-9-25-19(17)27(20)4-1-13(22)11-2-5-30-6-3-11/h7-9,11,13H,1-6,10,22H2,(H2,23,24,25). The molecule has 0 spiro atoms. The molecule has 1 aromatic carbocycles. The van der Waals surface area contributed by atoms with Crippen molar-refractivity contribution >= 4 is 56.4 Å². The van der Waals surface area contributed by atoms with Crippen LogP contribution in [0.3, 0.4) is 0 Å². The van der Waals surface area contributed by atoms with Crippen molar-refractivity contribution in [3.63, 3.8) is 0 Å². The number of rotatable bonds is 6. The van der Waals surface area contributed by atoms with Gasteiger partial charge in [-0.2, -0.15) is 11.8 Å². The summed E-state index contributed by atoms with van der Waals surface area (Å²) in [6.07, 6.45) is 4.73. The van der Waals surface area contributed by atoms with Gasteiger partial charge in [0.05, 0.1) is 0 Å². The number of benzene rings is 1. The number of imidazole rings is 1. The number of halogens is 1. The molecule has 0 aliphatic carbocycles. The first-order valence-electron chi connectivity index (χ1n) is 10.2. The van der Waals surface area contributed by atoms with Gasteiger partial charge in [-0.25, -0.2) is 15.0 Å². The number of aryl methyl sites for hydroxylation is 1. The van der Waals surface area contributed by atoms with Crippen molar-refractivity contribution in [1.29, 1.82) is 0 Å². The number of nitrogens with zero attached hydrogens (tertiary/aromatic N) is 4. The van der Waals surface area contributed by atoms with Crippen LogP contribution in [-0.4, -0.2) is 43.9 Å². The third-order valence-corrected chi connectivity index (χ3v) is 8.73. The van der Waals surface area contributed by atoms with Crippen LogP contribution in [0.25, 0.3) is 11.2 Å². The molecular weight excluding hydrogens is 500 g/mol. The minimum atomic E-state index is 0.160. The smallest absolute Gasteiger partial charge is 0.231 e. The summed E-state index contributed by atoms with van der Waals surface area (Å²) >= 11 is 7.19. The maximum atomic E-state index is 6.58. The van der Waals surface area contributed by atoms with Gasteiger partial charge >= 0.3 is 0 Å². The van der Waals surface area contributed by atoms with Crippen LogP contribution in [0.1, 0.15) is 19.3 Å². The van der Waals surface area contributed by atoms with Crippen LogP contribution in [0.5, 0.6) is 11.5 Å². The number of aromatic nitrogens is 4. The molecule has 3 aromatic rings. The van der Waals surface area contributed by atoms with Crippen molar-refractivity contribution < 1.29 is 9.47 Å². The summed E-state index contributed by atoms with van der Waals surface area (Å²) in [5.74, 6) is 4.82. The quantitative estimate of drug-likeness (QED) is 0.496. The third-order valence-electron chi connectivity index (χ3n) is 5.71. The maximum absolute atomic E-state index is 6.58. The van der Waals surface area contributed by atoms with Crippen molar-refractivity contribution in [2.75, 3.05) is 24.0 Å². The van der Waals surface area contributed by atoms with Crippen LogP contribution >= 0.6 is 39.5 Å². The predicted molar refractivity (Wildman–Crippen MR) is 127 cm³/mol. The van der Waals surface area contributed by atoms with E-state index in [4.69, 9.17) is 25.9 Å². The molecule has 1 atom stereocenters. The van der Waals surface area contributed by atoms with E-state index in [0.29, 0.717) is 17.3 Å². The Hall–Kier alpha value is -1.69. The van der Waals surface area contributed by atoms with E-state index in [2.05, 4.69) is 30.5 Å². The molecule has 31 heavy (non-hydrogen) atoms. The van der Waals surface area contributed by atoms with Gasteiger partial charge in [0.25, 0.3) is 0 Å². The first-order chi connectivity index (χ1) is 15.1. The Bertz CT molecular complexity index is 1100. The van der Waals surface area contributed by atoms with E-state index in [1.165, 1.54) is 42.4 Å². The van der Waals surface area contributed by atoms with Crippen molar-refractivity contribution in [3.05, 3.63) is 22.9 Å². The largest absolute Gasteiger partial charge is 0.454 e. The number of hydrogen-bond acceptors (Lipinski definition) is 9. The SMILES string of the molecule is Nc1ncnc2c1nc(Sc1cc3c(cc1Br)OCO3)n2CCC(N)C1CCSCC1. The molecule has 164 valence electrons. The number of hydrogen-bond donors (Lipinski definition) is 2. The van der Waals surface area contributed by atoms with E-state index in [-0.39, 0.29) is 12.8 Å². The first kappa shape index (κ1) is 21.2. The van der Waals surface area contributed by atoms with Crippen LogP contribution in [0.4, 0.5) is 5.82 Å². The Morgan fingerprint density at radius 2 is 2.00 bits per heavy atom. The lowest BCUT2D eigenvalue weighted by Gasteiger charge is -2.27. The molecule has 4 N–H and O–H groups in total.